The van der Waals surface area contributed by atoms with E-state index in [4.69, 9.17) is 15.2 Å². The van der Waals surface area contributed by atoms with E-state index >= 15 is 0 Å². The molecule has 0 fully saturated rings. The number of fused-ring (bicyclic) bond motifs is 6. The van der Waals surface area contributed by atoms with Crippen molar-refractivity contribution < 1.29 is 0 Å². The first-order valence-corrected chi connectivity index (χ1v) is 13.6. The summed E-state index contributed by atoms with van der Waals surface area (Å²) in [6, 6.07) is 48.1. The number of hydrogen-bond acceptors (Lipinski definition) is 3. The number of nitriles is 1. The standard InChI is InChI=1S/C37H22N4/c38-23-24-9-11-25(12-10-24)26-13-15-27(16-14-26)28-17-18-30-22-31(20-19-29(30)21-28)36-39-33-6-2-1-5-32(33)37-40-34-7-3-4-8-35(34)41(36)37/h1-22H. The monoisotopic (exact) mass is 522 g/mol. The average Bonchev–Trinajstić information content (AvgIpc) is 3.44. The van der Waals surface area contributed by atoms with Gasteiger partial charge in [0.05, 0.1) is 28.2 Å². The fraction of sp³-hybridized carbons (Fsp3) is 0. The fourth-order valence-electron chi connectivity index (χ4n) is 5.70. The van der Waals surface area contributed by atoms with Crippen LogP contribution in [0.5, 0.6) is 0 Å². The van der Waals surface area contributed by atoms with Crippen molar-refractivity contribution >= 4 is 38.4 Å². The van der Waals surface area contributed by atoms with Crippen LogP contribution in [0.2, 0.25) is 0 Å². The van der Waals surface area contributed by atoms with Crippen LogP contribution in [0.3, 0.4) is 0 Å². The van der Waals surface area contributed by atoms with Crippen LogP contribution >= 0.6 is 0 Å². The summed E-state index contributed by atoms with van der Waals surface area (Å²) in [5, 5.41) is 12.4. The lowest BCUT2D eigenvalue weighted by molar-refractivity contribution is 1.16. The SMILES string of the molecule is N#Cc1ccc(-c2ccc(-c3ccc4cc(-c5nc6ccccc6c6nc7ccccc7n56)ccc4c3)cc2)cc1. The van der Waals surface area contributed by atoms with Crippen LogP contribution < -0.4 is 0 Å². The quantitative estimate of drug-likeness (QED) is 0.233. The summed E-state index contributed by atoms with van der Waals surface area (Å²) in [5.41, 5.74) is 10.2. The summed E-state index contributed by atoms with van der Waals surface area (Å²) >= 11 is 0. The number of rotatable bonds is 3. The van der Waals surface area contributed by atoms with Crippen LogP contribution in [0.25, 0.3) is 72.0 Å². The largest absolute Gasteiger partial charge is 0.276 e. The average molecular weight is 523 g/mol. The highest BCUT2D eigenvalue weighted by Gasteiger charge is 2.15. The Balaban J connectivity index is 1.20. The summed E-state index contributed by atoms with van der Waals surface area (Å²) in [7, 11) is 0. The molecular weight excluding hydrogens is 500 g/mol. The van der Waals surface area contributed by atoms with Crippen molar-refractivity contribution in [2.45, 2.75) is 0 Å². The molecule has 0 aliphatic heterocycles. The summed E-state index contributed by atoms with van der Waals surface area (Å²) in [6.45, 7) is 0. The van der Waals surface area contributed by atoms with Gasteiger partial charge in [-0.15, -0.1) is 0 Å². The predicted octanol–water partition coefficient (Wildman–Crippen LogP) is 9.06. The topological polar surface area (TPSA) is 54.0 Å². The highest BCUT2D eigenvalue weighted by Crippen LogP contribution is 2.33. The van der Waals surface area contributed by atoms with Gasteiger partial charge in [0.1, 0.15) is 11.5 Å². The van der Waals surface area contributed by atoms with Crippen LogP contribution in [0.1, 0.15) is 5.56 Å². The Hall–Kier alpha value is -5.79. The second-order valence-corrected chi connectivity index (χ2v) is 10.3. The van der Waals surface area contributed by atoms with Gasteiger partial charge in [0, 0.05) is 10.9 Å². The highest BCUT2D eigenvalue weighted by atomic mass is 15.1. The number of benzene rings is 6. The van der Waals surface area contributed by atoms with Gasteiger partial charge in [0.2, 0.25) is 0 Å². The van der Waals surface area contributed by atoms with Crippen LogP contribution in [-0.4, -0.2) is 14.4 Å². The maximum absolute atomic E-state index is 9.06. The summed E-state index contributed by atoms with van der Waals surface area (Å²) in [5.74, 6) is 0.886. The Labute approximate surface area is 236 Å². The molecule has 4 nitrogen and oxygen atoms in total. The Morgan fingerprint density at radius 3 is 1.80 bits per heavy atom. The van der Waals surface area contributed by atoms with E-state index in [0.29, 0.717) is 5.56 Å². The molecule has 0 unspecified atom stereocenters. The van der Waals surface area contributed by atoms with Crippen molar-refractivity contribution in [3.05, 3.63) is 139 Å². The predicted molar refractivity (Wildman–Crippen MR) is 167 cm³/mol. The Bertz CT molecular complexity index is 2300. The Morgan fingerprint density at radius 2 is 1.07 bits per heavy atom. The van der Waals surface area contributed by atoms with Gasteiger partial charge in [-0.2, -0.15) is 5.26 Å². The van der Waals surface area contributed by atoms with Gasteiger partial charge < -0.3 is 0 Å². The van der Waals surface area contributed by atoms with Gasteiger partial charge in [-0.05, 0) is 81.6 Å². The fourth-order valence-corrected chi connectivity index (χ4v) is 5.70. The van der Waals surface area contributed by atoms with Gasteiger partial charge >= 0.3 is 0 Å². The molecule has 0 saturated heterocycles. The molecule has 8 rings (SSSR count). The number of para-hydroxylation sites is 3. The van der Waals surface area contributed by atoms with Crippen LogP contribution in [0.15, 0.2) is 133 Å². The van der Waals surface area contributed by atoms with Gasteiger partial charge in [0.15, 0.2) is 0 Å². The zero-order chi connectivity index (χ0) is 27.3. The van der Waals surface area contributed by atoms with Gasteiger partial charge in [0.25, 0.3) is 0 Å². The Kier molecular flexibility index (Phi) is 5.16. The molecule has 0 N–H and O–H groups in total. The number of nitrogens with zero attached hydrogens (tertiary/aromatic N) is 4. The lowest BCUT2D eigenvalue weighted by Crippen LogP contribution is -1.98. The van der Waals surface area contributed by atoms with Crippen LogP contribution in [0, 0.1) is 11.3 Å². The number of imidazole rings is 1. The minimum absolute atomic E-state index is 0.670. The van der Waals surface area contributed by atoms with E-state index < -0.39 is 0 Å². The molecule has 0 bridgehead atoms. The third-order valence-corrected chi connectivity index (χ3v) is 7.81. The molecule has 0 spiro atoms. The maximum atomic E-state index is 9.06. The van der Waals surface area contributed by atoms with E-state index in [-0.39, 0.29) is 0 Å². The molecule has 0 aliphatic rings. The first-order valence-electron chi connectivity index (χ1n) is 13.6. The van der Waals surface area contributed by atoms with E-state index in [1.165, 1.54) is 10.9 Å². The third-order valence-electron chi connectivity index (χ3n) is 7.81. The molecule has 0 aliphatic carbocycles. The first-order chi connectivity index (χ1) is 20.2. The smallest absolute Gasteiger partial charge is 0.149 e. The van der Waals surface area contributed by atoms with Gasteiger partial charge in [-0.25, -0.2) is 9.97 Å². The van der Waals surface area contributed by atoms with Crippen LogP contribution in [-0.2, 0) is 0 Å². The minimum Gasteiger partial charge on any atom is -0.276 e. The molecule has 0 atom stereocenters. The minimum atomic E-state index is 0.670. The van der Waals surface area contributed by atoms with E-state index in [1.54, 1.807) is 0 Å². The number of aromatic nitrogens is 3. The molecular formula is C37H22N4. The molecule has 0 amide bonds. The summed E-state index contributed by atoms with van der Waals surface area (Å²) < 4.78 is 2.18. The van der Waals surface area contributed by atoms with Gasteiger partial charge in [-0.3, -0.25) is 4.40 Å². The second kappa shape index (κ2) is 9.15. The molecule has 41 heavy (non-hydrogen) atoms. The van der Waals surface area contributed by atoms with E-state index in [9.17, 15) is 0 Å². The Morgan fingerprint density at radius 1 is 0.512 bits per heavy atom. The lowest BCUT2D eigenvalue weighted by atomic mass is 9.97. The maximum Gasteiger partial charge on any atom is 0.149 e. The van der Waals surface area contributed by atoms with Crippen LogP contribution in [0.4, 0.5) is 0 Å². The molecule has 6 aromatic carbocycles. The molecule has 2 aromatic heterocycles. The second-order valence-electron chi connectivity index (χ2n) is 10.3. The van der Waals surface area contributed by atoms with E-state index in [0.717, 1.165) is 61.0 Å². The van der Waals surface area contributed by atoms with Crippen molar-refractivity contribution in [1.29, 1.82) is 5.26 Å². The molecule has 8 aromatic rings. The molecule has 0 saturated carbocycles. The molecule has 190 valence electrons. The molecule has 2 heterocycles. The van der Waals surface area contributed by atoms with Crippen molar-refractivity contribution in [3.63, 3.8) is 0 Å². The van der Waals surface area contributed by atoms with Crippen molar-refractivity contribution in [1.82, 2.24) is 14.4 Å². The lowest BCUT2D eigenvalue weighted by Gasteiger charge is -2.11. The highest BCUT2D eigenvalue weighted by molar-refractivity contribution is 5.99. The molecule has 0 radical (unpaired) electrons. The molecule has 4 heteroatoms. The van der Waals surface area contributed by atoms with Gasteiger partial charge in [-0.1, -0.05) is 84.9 Å². The number of hydrogen-bond donors (Lipinski definition) is 0. The van der Waals surface area contributed by atoms with Crippen molar-refractivity contribution in [3.8, 4) is 39.7 Å². The first kappa shape index (κ1) is 23.1. The zero-order valence-corrected chi connectivity index (χ0v) is 22.0. The van der Waals surface area contributed by atoms with Crippen molar-refractivity contribution in [2.24, 2.45) is 0 Å². The zero-order valence-electron chi connectivity index (χ0n) is 22.0. The normalized spacial score (nSPS) is 11.4. The summed E-state index contributed by atoms with van der Waals surface area (Å²) in [4.78, 5) is 10.1. The van der Waals surface area contributed by atoms with E-state index in [1.807, 2.05) is 48.5 Å². The van der Waals surface area contributed by atoms with Crippen molar-refractivity contribution in [2.75, 3.05) is 0 Å². The van der Waals surface area contributed by atoms with E-state index in [2.05, 4.69) is 95.4 Å². The summed E-state index contributed by atoms with van der Waals surface area (Å²) in [6.07, 6.45) is 0. The third kappa shape index (κ3) is 3.83.